The van der Waals surface area contributed by atoms with Crippen LogP contribution in [-0.2, 0) is 11.3 Å². The summed E-state index contributed by atoms with van der Waals surface area (Å²) in [4.78, 5) is 24.1. The molecule has 0 saturated carbocycles. The molecule has 128 valence electrons. The highest BCUT2D eigenvalue weighted by molar-refractivity contribution is 7.13. The lowest BCUT2D eigenvalue weighted by Crippen LogP contribution is -2.29. The van der Waals surface area contributed by atoms with Gasteiger partial charge in [-0.05, 0) is 22.9 Å². The van der Waals surface area contributed by atoms with E-state index in [4.69, 9.17) is 0 Å². The zero-order chi connectivity index (χ0) is 17.9. The van der Waals surface area contributed by atoms with Crippen molar-refractivity contribution in [1.82, 2.24) is 20.0 Å². The van der Waals surface area contributed by atoms with E-state index >= 15 is 0 Å². The van der Waals surface area contributed by atoms with Crippen LogP contribution in [0, 0.1) is 0 Å². The summed E-state index contributed by atoms with van der Waals surface area (Å²) in [6.45, 7) is -0.195. The average Bonchev–Trinajstić information content (AvgIpc) is 3.16. The van der Waals surface area contributed by atoms with Crippen LogP contribution in [0.2, 0.25) is 0 Å². The number of rotatable bonds is 4. The zero-order valence-electron chi connectivity index (χ0n) is 13.5. The van der Waals surface area contributed by atoms with Crippen molar-refractivity contribution in [3.8, 4) is 11.3 Å². The highest BCUT2D eigenvalue weighted by Gasteiger charge is 2.10. The second-order valence-electron chi connectivity index (χ2n) is 5.57. The first-order valence-electron chi connectivity index (χ1n) is 7.82. The number of carbonyl (C=O) groups excluding carboxylic acids is 1. The zero-order valence-corrected chi connectivity index (χ0v) is 14.3. The van der Waals surface area contributed by atoms with Gasteiger partial charge >= 0.3 is 0 Å². The Bertz CT molecular complexity index is 1140. The van der Waals surface area contributed by atoms with Gasteiger partial charge in [0.1, 0.15) is 12.1 Å². The minimum Gasteiger partial charge on any atom is -0.299 e. The molecule has 0 atom stereocenters. The summed E-state index contributed by atoms with van der Waals surface area (Å²) in [5, 5.41) is 16.9. The van der Waals surface area contributed by atoms with Crippen LogP contribution in [0.1, 0.15) is 0 Å². The van der Waals surface area contributed by atoms with Gasteiger partial charge in [0.05, 0.1) is 5.69 Å². The van der Waals surface area contributed by atoms with Gasteiger partial charge in [-0.25, -0.2) is 4.68 Å². The normalized spacial score (nSPS) is 10.8. The van der Waals surface area contributed by atoms with Crippen LogP contribution in [0.25, 0.3) is 22.0 Å². The molecule has 0 saturated heterocycles. The summed E-state index contributed by atoms with van der Waals surface area (Å²) >= 11 is 1.21. The van der Waals surface area contributed by atoms with E-state index in [2.05, 4.69) is 20.6 Å². The Hall–Kier alpha value is -3.39. The van der Waals surface area contributed by atoms with Crippen molar-refractivity contribution in [2.45, 2.75) is 6.54 Å². The maximum absolute atomic E-state index is 12.1. The third-order valence-corrected chi connectivity index (χ3v) is 4.42. The van der Waals surface area contributed by atoms with E-state index < -0.39 is 0 Å². The Balaban J connectivity index is 1.62. The third-order valence-electron chi connectivity index (χ3n) is 3.81. The number of hydrogen-bond donors (Lipinski definition) is 1. The first-order chi connectivity index (χ1) is 12.7. The van der Waals surface area contributed by atoms with Gasteiger partial charge in [-0.15, -0.1) is 10.2 Å². The SMILES string of the molecule is O=C(Cn1nc(-c2ccc3ccccc3c2)ccc1=O)Nc1nncs1. The Morgan fingerprint density at radius 2 is 1.92 bits per heavy atom. The Morgan fingerprint density at radius 3 is 2.73 bits per heavy atom. The maximum Gasteiger partial charge on any atom is 0.267 e. The second-order valence-corrected chi connectivity index (χ2v) is 6.40. The summed E-state index contributed by atoms with van der Waals surface area (Å²) < 4.78 is 1.14. The number of carbonyl (C=O) groups is 1. The summed E-state index contributed by atoms with van der Waals surface area (Å²) in [5.41, 5.74) is 2.67. The summed E-state index contributed by atoms with van der Waals surface area (Å²) in [6.07, 6.45) is 0. The van der Waals surface area contributed by atoms with Gasteiger partial charge < -0.3 is 0 Å². The van der Waals surface area contributed by atoms with Crippen molar-refractivity contribution in [3.63, 3.8) is 0 Å². The molecule has 8 heteroatoms. The first kappa shape index (κ1) is 16.1. The fraction of sp³-hybridized carbons (Fsp3) is 0.0556. The lowest BCUT2D eigenvalue weighted by Gasteiger charge is -2.08. The van der Waals surface area contributed by atoms with Gasteiger partial charge in [0.15, 0.2) is 0 Å². The minimum absolute atomic E-state index is 0.195. The quantitative estimate of drug-likeness (QED) is 0.602. The Morgan fingerprint density at radius 1 is 1.08 bits per heavy atom. The molecule has 4 rings (SSSR count). The van der Waals surface area contributed by atoms with E-state index in [-0.39, 0.29) is 18.0 Å². The summed E-state index contributed by atoms with van der Waals surface area (Å²) in [7, 11) is 0. The lowest BCUT2D eigenvalue weighted by atomic mass is 10.1. The van der Waals surface area contributed by atoms with Crippen molar-refractivity contribution in [1.29, 1.82) is 0 Å². The van der Waals surface area contributed by atoms with E-state index in [1.165, 1.54) is 22.9 Å². The van der Waals surface area contributed by atoms with Crippen LogP contribution >= 0.6 is 11.3 Å². The summed E-state index contributed by atoms with van der Waals surface area (Å²) in [5.74, 6) is -0.382. The van der Waals surface area contributed by atoms with Gasteiger partial charge in [0, 0.05) is 11.6 Å². The molecule has 7 nitrogen and oxygen atoms in total. The predicted octanol–water partition coefficient (Wildman–Crippen LogP) is 2.55. The Kier molecular flexibility index (Phi) is 4.24. The van der Waals surface area contributed by atoms with Crippen LogP contribution in [0.3, 0.4) is 0 Å². The molecule has 0 fully saturated rings. The lowest BCUT2D eigenvalue weighted by molar-refractivity contribution is -0.117. The highest BCUT2D eigenvalue weighted by atomic mass is 32.1. The molecule has 0 bridgehead atoms. The second kappa shape index (κ2) is 6.85. The van der Waals surface area contributed by atoms with Gasteiger partial charge in [0.25, 0.3) is 5.56 Å². The molecule has 26 heavy (non-hydrogen) atoms. The van der Waals surface area contributed by atoms with Crippen LogP contribution in [-0.4, -0.2) is 25.9 Å². The predicted molar refractivity (Wildman–Crippen MR) is 100.0 cm³/mol. The van der Waals surface area contributed by atoms with Crippen molar-refractivity contribution >= 4 is 33.1 Å². The van der Waals surface area contributed by atoms with Crippen molar-refractivity contribution in [3.05, 3.63) is 70.5 Å². The van der Waals surface area contributed by atoms with Crippen molar-refractivity contribution < 1.29 is 4.79 Å². The fourth-order valence-electron chi connectivity index (χ4n) is 2.59. The number of nitrogens with zero attached hydrogens (tertiary/aromatic N) is 4. The molecule has 0 unspecified atom stereocenters. The van der Waals surface area contributed by atoms with E-state index in [1.807, 2.05) is 42.5 Å². The van der Waals surface area contributed by atoms with E-state index in [1.54, 1.807) is 6.07 Å². The molecule has 1 amide bonds. The molecule has 0 radical (unpaired) electrons. The van der Waals surface area contributed by atoms with Crippen molar-refractivity contribution in [2.24, 2.45) is 0 Å². The average molecular weight is 363 g/mol. The number of fused-ring (bicyclic) bond motifs is 1. The van der Waals surface area contributed by atoms with Crippen LogP contribution < -0.4 is 10.9 Å². The topological polar surface area (TPSA) is 89.8 Å². The van der Waals surface area contributed by atoms with Crippen LogP contribution in [0.4, 0.5) is 5.13 Å². The number of amides is 1. The van der Waals surface area contributed by atoms with E-state index in [0.29, 0.717) is 10.8 Å². The maximum atomic E-state index is 12.1. The molecule has 4 aromatic rings. The number of anilines is 1. The van der Waals surface area contributed by atoms with Gasteiger partial charge in [0.2, 0.25) is 11.0 Å². The standard InChI is InChI=1S/C18H13N5O2S/c24-16(20-18-21-19-11-26-18)10-23-17(25)8-7-15(22-23)14-6-5-12-3-1-2-4-13(12)9-14/h1-9,11H,10H2,(H,20,21,24). The van der Waals surface area contributed by atoms with Crippen LogP contribution in [0.5, 0.6) is 0 Å². The summed E-state index contributed by atoms with van der Waals surface area (Å²) in [6, 6.07) is 17.0. The molecule has 0 aliphatic rings. The number of benzene rings is 2. The number of nitrogens with one attached hydrogen (secondary N) is 1. The van der Waals surface area contributed by atoms with E-state index in [0.717, 1.165) is 21.0 Å². The molecule has 1 N–H and O–H groups in total. The molecule has 0 spiro atoms. The van der Waals surface area contributed by atoms with Crippen LogP contribution in [0.15, 0.2) is 64.9 Å². The number of aromatic nitrogens is 4. The molecule has 0 aliphatic carbocycles. The monoisotopic (exact) mass is 363 g/mol. The van der Waals surface area contributed by atoms with Gasteiger partial charge in [-0.2, -0.15) is 5.10 Å². The number of hydrogen-bond acceptors (Lipinski definition) is 6. The first-order valence-corrected chi connectivity index (χ1v) is 8.70. The molecule has 0 aliphatic heterocycles. The third kappa shape index (κ3) is 3.35. The minimum atomic E-state index is -0.382. The smallest absolute Gasteiger partial charge is 0.267 e. The Labute approximate surface area is 151 Å². The van der Waals surface area contributed by atoms with E-state index in [9.17, 15) is 9.59 Å². The largest absolute Gasteiger partial charge is 0.299 e. The van der Waals surface area contributed by atoms with Crippen molar-refractivity contribution in [2.75, 3.05) is 5.32 Å². The van der Waals surface area contributed by atoms with Gasteiger partial charge in [-0.1, -0.05) is 47.7 Å². The molecule has 2 aromatic heterocycles. The molecular formula is C18H13N5O2S. The molecule has 2 heterocycles. The molecular weight excluding hydrogens is 350 g/mol. The fourth-order valence-corrected chi connectivity index (χ4v) is 3.05. The molecule has 2 aromatic carbocycles. The van der Waals surface area contributed by atoms with Gasteiger partial charge in [-0.3, -0.25) is 14.9 Å². The highest BCUT2D eigenvalue weighted by Crippen LogP contribution is 2.22.